The molecule has 0 bridgehead atoms. The number of hydrogen-bond acceptors (Lipinski definition) is 5. The molecule has 2 aliphatic heterocycles. The molecule has 0 aliphatic carbocycles. The molecule has 0 aromatic rings. The van der Waals surface area contributed by atoms with Crippen molar-refractivity contribution in [3.63, 3.8) is 0 Å². The molecule has 5 unspecified atom stereocenters. The van der Waals surface area contributed by atoms with Crippen molar-refractivity contribution in [2.24, 2.45) is 16.6 Å². The molecular formula is C15H30N2O3. The summed E-state index contributed by atoms with van der Waals surface area (Å²) in [5.41, 5.74) is 5.85. The molecule has 5 N–H and O–H groups in total. The predicted octanol–water partition coefficient (Wildman–Crippen LogP) is -0.0732. The van der Waals surface area contributed by atoms with E-state index in [4.69, 9.17) is 5.73 Å². The van der Waals surface area contributed by atoms with Crippen molar-refractivity contribution < 1.29 is 15.3 Å². The molecule has 118 valence electrons. The van der Waals surface area contributed by atoms with E-state index < -0.39 is 24.4 Å². The molecule has 0 aromatic heterocycles. The summed E-state index contributed by atoms with van der Waals surface area (Å²) in [4.78, 5) is 2.04. The zero-order valence-electron chi connectivity index (χ0n) is 13.1. The van der Waals surface area contributed by atoms with Gasteiger partial charge in [-0.15, -0.1) is 0 Å². The van der Waals surface area contributed by atoms with E-state index in [1.165, 1.54) is 0 Å². The van der Waals surface area contributed by atoms with E-state index in [-0.39, 0.29) is 16.9 Å². The Balaban J connectivity index is 2.35. The third-order valence-electron chi connectivity index (χ3n) is 4.87. The lowest BCUT2D eigenvalue weighted by molar-refractivity contribution is -0.0548. The van der Waals surface area contributed by atoms with Gasteiger partial charge in [-0.25, -0.2) is 0 Å². The van der Waals surface area contributed by atoms with Crippen molar-refractivity contribution in [3.8, 4) is 0 Å². The van der Waals surface area contributed by atoms with Crippen LogP contribution < -0.4 is 5.73 Å². The van der Waals surface area contributed by atoms with Crippen molar-refractivity contribution in [1.82, 2.24) is 4.90 Å². The van der Waals surface area contributed by atoms with Crippen LogP contribution in [-0.2, 0) is 0 Å². The molecule has 2 heterocycles. The number of aliphatic hydroxyl groups excluding tert-OH is 3. The van der Waals surface area contributed by atoms with Crippen LogP contribution in [0.5, 0.6) is 0 Å². The molecule has 2 saturated heterocycles. The lowest BCUT2D eigenvalue weighted by atomic mass is 9.70. The van der Waals surface area contributed by atoms with Crippen LogP contribution in [0.25, 0.3) is 0 Å². The van der Waals surface area contributed by atoms with E-state index >= 15 is 0 Å². The number of aliphatic hydroxyl groups is 3. The zero-order valence-corrected chi connectivity index (χ0v) is 13.1. The molecule has 0 amide bonds. The molecular weight excluding hydrogens is 256 g/mol. The first-order valence-corrected chi connectivity index (χ1v) is 7.58. The summed E-state index contributed by atoms with van der Waals surface area (Å²) in [6.07, 6.45) is -0.829. The van der Waals surface area contributed by atoms with Crippen molar-refractivity contribution in [2.75, 3.05) is 13.1 Å². The fourth-order valence-electron chi connectivity index (χ4n) is 4.59. The second-order valence-corrected chi connectivity index (χ2v) is 8.22. The van der Waals surface area contributed by atoms with Gasteiger partial charge in [0.2, 0.25) is 0 Å². The van der Waals surface area contributed by atoms with E-state index in [2.05, 4.69) is 27.7 Å². The van der Waals surface area contributed by atoms with Gasteiger partial charge in [-0.3, -0.25) is 4.90 Å². The van der Waals surface area contributed by atoms with Crippen molar-refractivity contribution in [3.05, 3.63) is 0 Å². The lowest BCUT2D eigenvalue weighted by Crippen LogP contribution is -2.54. The summed E-state index contributed by atoms with van der Waals surface area (Å²) in [5, 5.41) is 31.1. The Bertz CT molecular complexity index is 359. The Hall–Kier alpha value is -0.200. The molecule has 0 radical (unpaired) electrons. The highest BCUT2D eigenvalue weighted by Gasteiger charge is 2.53. The highest BCUT2D eigenvalue weighted by Crippen LogP contribution is 2.44. The SMILES string of the molecule is CC1(C)CC(O)C2C(O)C(O)C(CN)N2CC(C)(C)C1. The molecule has 5 heteroatoms. The van der Waals surface area contributed by atoms with Gasteiger partial charge in [-0.1, -0.05) is 27.7 Å². The second-order valence-electron chi connectivity index (χ2n) is 8.22. The predicted molar refractivity (Wildman–Crippen MR) is 78.2 cm³/mol. The summed E-state index contributed by atoms with van der Waals surface area (Å²) in [5.74, 6) is 0. The number of fused-ring (bicyclic) bond motifs is 1. The first-order valence-electron chi connectivity index (χ1n) is 7.58. The van der Waals surface area contributed by atoms with Crippen LogP contribution in [0.1, 0.15) is 40.5 Å². The van der Waals surface area contributed by atoms with E-state index in [9.17, 15) is 15.3 Å². The number of rotatable bonds is 1. The van der Waals surface area contributed by atoms with E-state index in [0.717, 1.165) is 13.0 Å². The zero-order chi connectivity index (χ0) is 15.3. The maximum Gasteiger partial charge on any atom is 0.0995 e. The quantitative estimate of drug-likeness (QED) is 0.542. The Kier molecular flexibility index (Phi) is 4.22. The molecule has 20 heavy (non-hydrogen) atoms. The minimum Gasteiger partial charge on any atom is -0.391 e. The largest absolute Gasteiger partial charge is 0.391 e. The Morgan fingerprint density at radius 3 is 2.20 bits per heavy atom. The Labute approximate surface area is 121 Å². The van der Waals surface area contributed by atoms with Gasteiger partial charge in [0.1, 0.15) is 0 Å². The highest BCUT2D eigenvalue weighted by atomic mass is 16.3. The highest BCUT2D eigenvalue weighted by molar-refractivity contribution is 5.07. The van der Waals surface area contributed by atoms with E-state index in [1.54, 1.807) is 0 Å². The molecule has 2 aliphatic rings. The smallest absolute Gasteiger partial charge is 0.0995 e. The van der Waals surface area contributed by atoms with Gasteiger partial charge in [0, 0.05) is 13.1 Å². The van der Waals surface area contributed by atoms with Gasteiger partial charge < -0.3 is 21.1 Å². The van der Waals surface area contributed by atoms with Gasteiger partial charge in [0.25, 0.3) is 0 Å². The van der Waals surface area contributed by atoms with Crippen LogP contribution in [-0.4, -0.2) is 63.7 Å². The van der Waals surface area contributed by atoms with E-state index in [1.807, 2.05) is 4.90 Å². The maximum atomic E-state index is 10.5. The average molecular weight is 286 g/mol. The monoisotopic (exact) mass is 286 g/mol. The summed E-state index contributed by atoms with van der Waals surface area (Å²) in [6.45, 7) is 9.75. The third kappa shape index (κ3) is 2.88. The van der Waals surface area contributed by atoms with Crippen LogP contribution >= 0.6 is 0 Å². The summed E-state index contributed by atoms with van der Waals surface area (Å²) < 4.78 is 0. The fraction of sp³-hybridized carbons (Fsp3) is 1.00. The minimum atomic E-state index is -0.928. The van der Waals surface area contributed by atoms with Gasteiger partial charge in [-0.2, -0.15) is 0 Å². The molecule has 5 atom stereocenters. The topological polar surface area (TPSA) is 89.9 Å². The molecule has 5 nitrogen and oxygen atoms in total. The first kappa shape index (κ1) is 16.2. The standard InChI is InChI=1S/C15H30N2O3/c1-14(2)5-10(18)11-13(20)12(19)9(6-16)17(11)8-15(3,4)7-14/h9-13,18-20H,5-8,16H2,1-4H3. The first-order chi connectivity index (χ1) is 9.08. The maximum absolute atomic E-state index is 10.5. The normalized spacial score (nSPS) is 44.7. The molecule has 0 spiro atoms. The third-order valence-corrected chi connectivity index (χ3v) is 4.87. The van der Waals surface area contributed by atoms with Gasteiger partial charge in [0.15, 0.2) is 0 Å². The lowest BCUT2D eigenvalue weighted by Gasteiger charge is -2.46. The van der Waals surface area contributed by atoms with Gasteiger partial charge in [-0.05, 0) is 23.7 Å². The second kappa shape index (κ2) is 5.21. The number of nitrogens with two attached hydrogens (primary N) is 1. The van der Waals surface area contributed by atoms with Crippen molar-refractivity contribution >= 4 is 0 Å². The average Bonchev–Trinajstić information content (AvgIpc) is 2.46. The van der Waals surface area contributed by atoms with Crippen molar-refractivity contribution in [1.29, 1.82) is 0 Å². The Morgan fingerprint density at radius 2 is 1.65 bits per heavy atom. The van der Waals surface area contributed by atoms with Crippen LogP contribution in [0.15, 0.2) is 0 Å². The summed E-state index contributed by atoms with van der Waals surface area (Å²) >= 11 is 0. The van der Waals surface area contributed by atoms with E-state index in [0.29, 0.717) is 13.0 Å². The number of hydrogen-bond donors (Lipinski definition) is 4. The fourth-order valence-corrected chi connectivity index (χ4v) is 4.59. The molecule has 0 aromatic carbocycles. The Morgan fingerprint density at radius 1 is 1.05 bits per heavy atom. The number of nitrogens with zero attached hydrogens (tertiary/aromatic N) is 1. The molecule has 2 fully saturated rings. The molecule has 2 rings (SSSR count). The van der Waals surface area contributed by atoms with Crippen molar-refractivity contribution in [2.45, 2.75) is 70.9 Å². The van der Waals surface area contributed by atoms with Crippen LogP contribution in [0.4, 0.5) is 0 Å². The van der Waals surface area contributed by atoms with Gasteiger partial charge in [0.05, 0.1) is 30.4 Å². The van der Waals surface area contributed by atoms with Crippen LogP contribution in [0.2, 0.25) is 0 Å². The summed E-state index contributed by atoms with van der Waals surface area (Å²) in [6, 6.07) is -0.692. The van der Waals surface area contributed by atoms with Crippen LogP contribution in [0.3, 0.4) is 0 Å². The van der Waals surface area contributed by atoms with Crippen LogP contribution in [0, 0.1) is 10.8 Å². The van der Waals surface area contributed by atoms with Gasteiger partial charge >= 0.3 is 0 Å². The molecule has 0 saturated carbocycles. The minimum absolute atomic E-state index is 0.0144. The summed E-state index contributed by atoms with van der Waals surface area (Å²) in [7, 11) is 0.